The van der Waals surface area contributed by atoms with Crippen LogP contribution < -0.4 is 0 Å². The number of aromatic nitrogens is 3. The van der Waals surface area contributed by atoms with Crippen molar-refractivity contribution in [2.45, 2.75) is 0 Å². The molecule has 46 heavy (non-hydrogen) atoms. The van der Waals surface area contributed by atoms with Crippen LogP contribution in [0.15, 0.2) is 156 Å². The first-order chi connectivity index (χ1) is 22.8. The van der Waals surface area contributed by atoms with Crippen LogP contribution in [0.2, 0.25) is 0 Å². The predicted octanol–water partition coefficient (Wildman–Crippen LogP) is 11.3. The van der Waals surface area contributed by atoms with E-state index in [9.17, 15) is 0 Å². The summed E-state index contributed by atoms with van der Waals surface area (Å²) in [5.41, 5.74) is 9.82. The lowest BCUT2D eigenvalue weighted by Gasteiger charge is -2.11. The predicted molar refractivity (Wildman–Crippen MR) is 190 cm³/mol. The van der Waals surface area contributed by atoms with Crippen molar-refractivity contribution in [3.8, 4) is 56.5 Å². The Hall–Kier alpha value is -5.91. The van der Waals surface area contributed by atoms with Gasteiger partial charge in [0, 0.05) is 42.4 Å². The van der Waals surface area contributed by atoms with Crippen molar-refractivity contribution in [1.29, 1.82) is 0 Å². The maximum Gasteiger partial charge on any atom is 0.227 e. The van der Waals surface area contributed by atoms with Crippen LogP contribution in [0.4, 0.5) is 0 Å². The van der Waals surface area contributed by atoms with Gasteiger partial charge in [-0.1, -0.05) is 109 Å². The van der Waals surface area contributed by atoms with Crippen LogP contribution in [0.3, 0.4) is 0 Å². The van der Waals surface area contributed by atoms with Crippen LogP contribution in [-0.4, -0.2) is 15.0 Å². The average molecular weight is 608 g/mol. The van der Waals surface area contributed by atoms with E-state index in [1.807, 2.05) is 48.5 Å². The number of thiophene rings is 1. The highest BCUT2D eigenvalue weighted by molar-refractivity contribution is 7.26. The monoisotopic (exact) mass is 607 g/mol. The molecule has 0 saturated carbocycles. The lowest BCUT2D eigenvalue weighted by atomic mass is 10.00. The second-order valence-electron chi connectivity index (χ2n) is 11.3. The molecule has 4 nitrogen and oxygen atoms in total. The number of oxazole rings is 1. The molecule has 0 amide bonds. The number of fused-ring (bicyclic) bond motifs is 4. The summed E-state index contributed by atoms with van der Waals surface area (Å²) < 4.78 is 8.44. The Morgan fingerprint density at radius 3 is 1.98 bits per heavy atom. The number of nitrogens with zero attached hydrogens (tertiary/aromatic N) is 3. The van der Waals surface area contributed by atoms with E-state index in [-0.39, 0.29) is 0 Å². The van der Waals surface area contributed by atoms with E-state index in [1.54, 1.807) is 11.3 Å². The molecule has 0 saturated heterocycles. The first-order valence-corrected chi connectivity index (χ1v) is 16.0. The molecule has 0 fully saturated rings. The van der Waals surface area contributed by atoms with E-state index >= 15 is 0 Å². The summed E-state index contributed by atoms with van der Waals surface area (Å²) in [5.74, 6) is 1.33. The van der Waals surface area contributed by atoms with E-state index < -0.39 is 0 Å². The first kappa shape index (κ1) is 26.5. The zero-order valence-electron chi connectivity index (χ0n) is 24.6. The molecular formula is C41H25N3OS. The van der Waals surface area contributed by atoms with Crippen LogP contribution >= 0.6 is 11.3 Å². The molecule has 9 aromatic rings. The molecule has 0 aliphatic carbocycles. The van der Waals surface area contributed by atoms with Crippen molar-refractivity contribution in [1.82, 2.24) is 15.0 Å². The van der Waals surface area contributed by atoms with Gasteiger partial charge in [-0.25, -0.2) is 15.0 Å². The van der Waals surface area contributed by atoms with Crippen molar-refractivity contribution < 1.29 is 4.42 Å². The SMILES string of the molecule is c1ccc(-c2cccc(-c3cc(-c4ccccc4)nc(-c4cccc5sc6cc(-c7nc8ccccc8o7)ccc6c45)n3)c2)cc1. The van der Waals surface area contributed by atoms with Crippen LogP contribution in [0, 0.1) is 0 Å². The van der Waals surface area contributed by atoms with E-state index in [1.165, 1.54) is 10.3 Å². The maximum absolute atomic E-state index is 6.09. The third kappa shape index (κ3) is 4.66. The fraction of sp³-hybridized carbons (Fsp3) is 0. The summed E-state index contributed by atoms with van der Waals surface area (Å²) in [6.07, 6.45) is 0. The lowest BCUT2D eigenvalue weighted by molar-refractivity contribution is 0.620. The zero-order chi connectivity index (χ0) is 30.5. The van der Waals surface area contributed by atoms with Gasteiger partial charge in [-0.15, -0.1) is 11.3 Å². The van der Waals surface area contributed by atoms with Crippen molar-refractivity contribution in [3.05, 3.63) is 152 Å². The number of hydrogen-bond acceptors (Lipinski definition) is 5. The van der Waals surface area contributed by atoms with Gasteiger partial charge in [-0.3, -0.25) is 0 Å². The van der Waals surface area contributed by atoms with Gasteiger partial charge in [-0.05, 0) is 53.6 Å². The molecule has 0 spiro atoms. The zero-order valence-corrected chi connectivity index (χ0v) is 25.4. The molecule has 9 rings (SSSR count). The Labute approximate surface area is 269 Å². The van der Waals surface area contributed by atoms with Gasteiger partial charge in [0.2, 0.25) is 5.89 Å². The first-order valence-electron chi connectivity index (χ1n) is 15.2. The van der Waals surface area contributed by atoms with Gasteiger partial charge in [0.1, 0.15) is 5.52 Å². The van der Waals surface area contributed by atoms with Crippen molar-refractivity contribution in [3.63, 3.8) is 0 Å². The van der Waals surface area contributed by atoms with E-state index in [0.717, 1.165) is 65.8 Å². The lowest BCUT2D eigenvalue weighted by Crippen LogP contribution is -1.96. The van der Waals surface area contributed by atoms with Crippen molar-refractivity contribution in [2.75, 3.05) is 0 Å². The second-order valence-corrected chi connectivity index (χ2v) is 12.3. The highest BCUT2D eigenvalue weighted by Crippen LogP contribution is 2.41. The average Bonchev–Trinajstić information content (AvgIpc) is 3.74. The van der Waals surface area contributed by atoms with Gasteiger partial charge in [0.05, 0.1) is 11.4 Å². The van der Waals surface area contributed by atoms with Crippen LogP contribution in [0.1, 0.15) is 0 Å². The van der Waals surface area contributed by atoms with Gasteiger partial charge in [-0.2, -0.15) is 0 Å². The topological polar surface area (TPSA) is 51.8 Å². The Balaban J connectivity index is 1.21. The smallest absolute Gasteiger partial charge is 0.227 e. The largest absolute Gasteiger partial charge is 0.436 e. The number of para-hydroxylation sites is 2. The minimum Gasteiger partial charge on any atom is -0.436 e. The molecule has 0 bridgehead atoms. The summed E-state index contributed by atoms with van der Waals surface area (Å²) in [6, 6.07) is 52.2. The number of hydrogen-bond donors (Lipinski definition) is 0. The molecule has 216 valence electrons. The molecule has 3 aromatic heterocycles. The summed E-state index contributed by atoms with van der Waals surface area (Å²) in [7, 11) is 0. The third-order valence-corrected chi connectivity index (χ3v) is 9.46. The maximum atomic E-state index is 6.09. The van der Waals surface area contributed by atoms with Crippen molar-refractivity contribution in [2.24, 2.45) is 0 Å². The molecule has 0 N–H and O–H groups in total. The molecule has 0 aliphatic rings. The summed E-state index contributed by atoms with van der Waals surface area (Å²) in [4.78, 5) is 15.1. The highest BCUT2D eigenvalue weighted by atomic mass is 32.1. The van der Waals surface area contributed by atoms with E-state index in [2.05, 4.69) is 103 Å². The second kappa shape index (κ2) is 10.9. The molecule has 0 atom stereocenters. The Kier molecular flexibility index (Phi) is 6.28. The van der Waals surface area contributed by atoms with Crippen molar-refractivity contribution >= 4 is 42.6 Å². The minimum atomic E-state index is 0.627. The fourth-order valence-electron chi connectivity index (χ4n) is 6.10. The van der Waals surface area contributed by atoms with E-state index in [0.29, 0.717) is 11.7 Å². The minimum absolute atomic E-state index is 0.627. The van der Waals surface area contributed by atoms with Crippen LogP contribution in [-0.2, 0) is 0 Å². The molecule has 5 heteroatoms. The molecule has 0 aliphatic heterocycles. The molecular weight excluding hydrogens is 583 g/mol. The Morgan fingerprint density at radius 2 is 1.15 bits per heavy atom. The molecule has 3 heterocycles. The van der Waals surface area contributed by atoms with Gasteiger partial charge < -0.3 is 4.42 Å². The normalized spacial score (nSPS) is 11.5. The summed E-state index contributed by atoms with van der Waals surface area (Å²) in [6.45, 7) is 0. The van der Waals surface area contributed by atoms with Gasteiger partial charge in [0.25, 0.3) is 0 Å². The Bertz CT molecular complexity index is 2500. The summed E-state index contributed by atoms with van der Waals surface area (Å²) >= 11 is 1.76. The Morgan fingerprint density at radius 1 is 0.457 bits per heavy atom. The molecule has 6 aromatic carbocycles. The van der Waals surface area contributed by atoms with Gasteiger partial charge >= 0.3 is 0 Å². The van der Waals surface area contributed by atoms with Crippen LogP contribution in [0.25, 0.3) is 87.8 Å². The third-order valence-electron chi connectivity index (χ3n) is 8.34. The molecule has 0 radical (unpaired) electrons. The highest BCUT2D eigenvalue weighted by Gasteiger charge is 2.17. The standard InChI is InChI=1S/C41H25N3OS/c1-3-11-26(12-4-1)28-15-9-16-29(23-28)35-25-34(27-13-5-2-6-14-27)42-40(43-35)32-17-10-20-37-39(32)31-22-21-30(24-38(31)46-37)41-44-33-18-7-8-19-36(33)45-41/h1-25H. The van der Waals surface area contributed by atoms with Gasteiger partial charge in [0.15, 0.2) is 11.4 Å². The number of rotatable bonds is 5. The van der Waals surface area contributed by atoms with Crippen LogP contribution in [0.5, 0.6) is 0 Å². The van der Waals surface area contributed by atoms with E-state index in [4.69, 9.17) is 19.4 Å². The number of benzene rings is 6. The summed E-state index contributed by atoms with van der Waals surface area (Å²) in [5, 5.41) is 2.32. The quantitative estimate of drug-likeness (QED) is 0.195. The molecule has 0 unspecified atom stereocenters. The fourth-order valence-corrected chi connectivity index (χ4v) is 7.27.